The van der Waals surface area contributed by atoms with Crippen LogP contribution in [0.25, 0.3) is 0 Å². The fourth-order valence-corrected chi connectivity index (χ4v) is 0.850. The molecule has 8 heteroatoms. The van der Waals surface area contributed by atoms with Crippen LogP contribution in [0.3, 0.4) is 0 Å². The fraction of sp³-hybridized carbons (Fsp3) is 0. The maximum atomic E-state index is 9.50. The Morgan fingerprint density at radius 1 is 1.20 bits per heavy atom. The van der Waals surface area contributed by atoms with Crippen LogP contribution in [0.15, 0.2) is 12.5 Å². The van der Waals surface area contributed by atoms with Crippen LogP contribution in [0.5, 0.6) is 0 Å². The quantitative estimate of drug-likeness (QED) is 0.606. The molecule has 1 aliphatic heterocycles. The summed E-state index contributed by atoms with van der Waals surface area (Å²) in [5.41, 5.74) is 0. The van der Waals surface area contributed by atoms with Crippen molar-refractivity contribution in [2.45, 2.75) is 0 Å². The first kappa shape index (κ1) is 7.79. The van der Waals surface area contributed by atoms with Gasteiger partial charge in [0.15, 0.2) is 0 Å². The molecule has 0 bridgehead atoms. The standard InChI is InChI=1S/CO3S.CH2O3.Pb/c2-1-3-5-4-1;2-1(3)4;/h;(H2,2,3,4);/q;;+2/p-2. The molecule has 0 unspecified atom stereocenters. The van der Waals surface area contributed by atoms with Crippen LogP contribution in [0.1, 0.15) is 0 Å². The smallest absolute Gasteiger partial charge is 0.299 e. The summed E-state index contributed by atoms with van der Waals surface area (Å²) in [4.78, 5) is 18.9. The van der Waals surface area contributed by atoms with Crippen molar-refractivity contribution in [3.05, 3.63) is 10.6 Å². The summed E-state index contributed by atoms with van der Waals surface area (Å²) in [7, 11) is 0. The average molecular weight is 359 g/mol. The Labute approximate surface area is 71.7 Å². The molecule has 1 aromatic rings. The summed E-state index contributed by atoms with van der Waals surface area (Å²) in [6, 6.07) is 0. The van der Waals surface area contributed by atoms with Gasteiger partial charge in [-0.15, -0.1) is 0 Å². The van der Waals surface area contributed by atoms with E-state index in [1.807, 2.05) is 0 Å². The Morgan fingerprint density at radius 3 is 1.60 bits per heavy atom. The van der Waals surface area contributed by atoms with Gasteiger partial charge in [-0.3, -0.25) is 7.70 Å². The van der Waals surface area contributed by atoms with Crippen LogP contribution in [-0.4, -0.2) is 31.3 Å². The maximum absolute atomic E-state index is 9.50. The first-order chi connectivity index (χ1) is 4.79. The Bertz CT molecular complexity index is 226. The molecule has 0 N–H and O–H groups in total. The van der Waals surface area contributed by atoms with Gasteiger partial charge in [0, 0.05) is 0 Å². The van der Waals surface area contributed by atoms with Crippen LogP contribution in [0.4, 0.5) is 4.79 Å². The van der Waals surface area contributed by atoms with Gasteiger partial charge in [-0.1, -0.05) is 0 Å². The summed E-state index contributed by atoms with van der Waals surface area (Å²) in [5.74, 6) is -0.602. The molecule has 0 saturated carbocycles. The van der Waals surface area contributed by atoms with E-state index < -0.39 is 37.1 Å². The maximum Gasteiger partial charge on any atom is 0.546 e. The number of carbonyl (C=O) groups excluding carboxylic acids is 1. The summed E-state index contributed by atoms with van der Waals surface area (Å²) in [6.45, 7) is 0. The third-order valence-electron chi connectivity index (χ3n) is 0.454. The normalized spacial score (nSPS) is 13.8. The molecule has 6 nitrogen and oxygen atoms in total. The number of hydrogen-bond acceptors (Lipinski definition) is 7. The molecule has 2 radical (unpaired) electrons. The Kier molecular flexibility index (Phi) is 2.92. The molecule has 10 heavy (non-hydrogen) atoms. The zero-order chi connectivity index (χ0) is 7.40. The van der Waals surface area contributed by atoms with E-state index in [1.54, 1.807) is 0 Å². The van der Waals surface area contributed by atoms with Crippen molar-refractivity contribution in [2.75, 3.05) is 0 Å². The summed E-state index contributed by atoms with van der Waals surface area (Å²) >= 11 is -0.468. The van der Waals surface area contributed by atoms with E-state index in [2.05, 4.69) is 13.1 Å². The van der Waals surface area contributed by atoms with Crippen LogP contribution >= 0.6 is 11.9 Å². The third-order valence-corrected chi connectivity index (χ3v) is 2.81. The number of rotatable bonds is 0. The molecule has 0 spiro atoms. The summed E-state index contributed by atoms with van der Waals surface area (Å²) < 4.78 is 16.5. The van der Waals surface area contributed by atoms with E-state index in [0.717, 1.165) is 0 Å². The van der Waals surface area contributed by atoms with E-state index in [0.29, 0.717) is 11.9 Å². The van der Waals surface area contributed by atoms with Crippen LogP contribution in [0.2, 0.25) is 0 Å². The van der Waals surface area contributed by atoms with E-state index >= 15 is 0 Å². The van der Waals surface area contributed by atoms with Gasteiger partial charge in [-0.05, 0) is 0 Å². The van der Waals surface area contributed by atoms with Crippen molar-refractivity contribution in [2.24, 2.45) is 0 Å². The van der Waals surface area contributed by atoms with Gasteiger partial charge in [0.25, 0.3) is 11.9 Å². The molecule has 0 atom stereocenters. The second kappa shape index (κ2) is 3.75. The van der Waals surface area contributed by atoms with Crippen LogP contribution < -0.4 is 5.82 Å². The molecule has 1 fully saturated rings. The van der Waals surface area contributed by atoms with E-state index in [1.165, 1.54) is 0 Å². The molecule has 2 heterocycles. The topological polar surface area (TPSA) is 78.9 Å². The second-order valence-corrected chi connectivity index (χ2v) is 3.73. The number of hydrogen-bond donors (Lipinski definition) is 0. The van der Waals surface area contributed by atoms with E-state index in [-0.39, 0.29) is 0 Å². The minimum atomic E-state index is -1.16. The van der Waals surface area contributed by atoms with E-state index in [9.17, 15) is 9.59 Å². The molecule has 54 valence electrons. The van der Waals surface area contributed by atoms with E-state index in [4.69, 9.17) is 0 Å². The van der Waals surface area contributed by atoms with Gasteiger partial charge in [-0.2, -0.15) is 0 Å². The van der Waals surface area contributed by atoms with Crippen LogP contribution in [0, 0.1) is 0 Å². The minimum Gasteiger partial charge on any atom is -0.299 e. The average Bonchev–Trinajstić information content (AvgIpc) is 1.80. The molecule has 0 amide bonds. The predicted octanol–water partition coefficient (Wildman–Crippen LogP) is -0.0183. The Hall–Kier alpha value is -0.318. The first-order valence-electron chi connectivity index (χ1n) is 1.97. The van der Waals surface area contributed by atoms with Crippen molar-refractivity contribution in [1.29, 1.82) is 0 Å². The monoisotopic (exact) mass is 360 g/mol. The molecular formula is C2O6PbS. The Balaban J connectivity index is 0.0000001000. The zero-order valence-corrected chi connectivity index (χ0v) is 9.06. The van der Waals surface area contributed by atoms with Gasteiger partial charge in [0.2, 0.25) is 0 Å². The van der Waals surface area contributed by atoms with Crippen LogP contribution in [-0.2, 0) is 5.37 Å². The largest absolute Gasteiger partial charge is 0.546 e. The summed E-state index contributed by atoms with van der Waals surface area (Å²) in [5, 5.41) is 0. The van der Waals surface area contributed by atoms with Gasteiger partial charge < -0.3 is 0 Å². The van der Waals surface area contributed by atoms with Crippen molar-refractivity contribution in [3.8, 4) is 0 Å². The molecule has 2 rings (SSSR count). The second-order valence-electron chi connectivity index (χ2n) is 1.02. The summed E-state index contributed by atoms with van der Waals surface area (Å²) in [6.07, 6.45) is -0.478. The van der Waals surface area contributed by atoms with Gasteiger partial charge in [0.1, 0.15) is 0 Å². The SMILES string of the molecule is O=C1[O][Pb][O]1.O=c1oso1. The van der Waals surface area contributed by atoms with Gasteiger partial charge in [-0.25, -0.2) is 4.79 Å². The molecule has 1 saturated heterocycles. The van der Waals surface area contributed by atoms with Crippen molar-refractivity contribution in [3.63, 3.8) is 0 Å². The van der Waals surface area contributed by atoms with Crippen molar-refractivity contribution in [1.82, 2.24) is 0 Å². The molecule has 0 aromatic carbocycles. The van der Waals surface area contributed by atoms with Gasteiger partial charge in [0.05, 0.1) is 0 Å². The number of carbonyl (C=O) groups is 1. The fourth-order valence-electron chi connectivity index (χ4n) is 0.137. The molecule has 1 aliphatic rings. The van der Waals surface area contributed by atoms with Crippen molar-refractivity contribution < 1.29 is 17.9 Å². The predicted molar refractivity (Wildman–Crippen MR) is 28.4 cm³/mol. The molecule has 0 aliphatic carbocycles. The molecule has 1 aromatic heterocycles. The molecular weight excluding hydrogens is 359 g/mol. The first-order valence-corrected chi connectivity index (χ1v) is 5.81. The minimum absolute atomic E-state index is 0.478. The van der Waals surface area contributed by atoms with Gasteiger partial charge >= 0.3 is 47.3 Å². The zero-order valence-electron chi connectivity index (χ0n) is 4.36. The third kappa shape index (κ3) is 2.51. The Morgan fingerprint density at radius 2 is 1.60 bits per heavy atom. The van der Waals surface area contributed by atoms with Crippen molar-refractivity contribution >= 4 is 43.2 Å².